The van der Waals surface area contributed by atoms with Gasteiger partial charge < -0.3 is 9.47 Å². The van der Waals surface area contributed by atoms with Crippen LogP contribution in [0.25, 0.3) is 0 Å². The van der Waals surface area contributed by atoms with E-state index in [2.05, 4.69) is 15.1 Å². The van der Waals surface area contributed by atoms with Gasteiger partial charge in [0, 0.05) is 6.54 Å². The van der Waals surface area contributed by atoms with Crippen LogP contribution in [0.4, 0.5) is 5.82 Å². The molecule has 1 amide bonds. The molecule has 0 N–H and O–H groups in total. The van der Waals surface area contributed by atoms with Gasteiger partial charge in [0.25, 0.3) is 5.91 Å². The Hall–Kier alpha value is -3.42. The van der Waals surface area contributed by atoms with E-state index < -0.39 is 0 Å². The van der Waals surface area contributed by atoms with Crippen molar-refractivity contribution in [2.24, 2.45) is 0 Å². The monoisotopic (exact) mass is 365 g/mol. The van der Waals surface area contributed by atoms with Gasteiger partial charge >= 0.3 is 0 Å². The zero-order chi connectivity index (χ0) is 18.8. The van der Waals surface area contributed by atoms with E-state index in [-0.39, 0.29) is 5.91 Å². The summed E-state index contributed by atoms with van der Waals surface area (Å²) in [6, 6.07) is 11.3. The minimum atomic E-state index is -0.154. The highest BCUT2D eigenvalue weighted by Gasteiger charge is 2.29. The Morgan fingerprint density at radius 1 is 1.19 bits per heavy atom. The molecule has 0 spiro atoms. The molecule has 0 unspecified atom stereocenters. The second kappa shape index (κ2) is 7.06. The van der Waals surface area contributed by atoms with E-state index in [1.165, 1.54) is 0 Å². The third-order valence-corrected chi connectivity index (χ3v) is 4.32. The first-order valence-corrected chi connectivity index (χ1v) is 8.60. The molecule has 1 aromatic carbocycles. The van der Waals surface area contributed by atoms with Crippen molar-refractivity contribution in [3.05, 3.63) is 59.7 Å². The summed E-state index contributed by atoms with van der Waals surface area (Å²) in [4.78, 5) is 23.2. The molecule has 8 heteroatoms. The summed E-state index contributed by atoms with van der Waals surface area (Å²) in [5.74, 6) is 1.57. The van der Waals surface area contributed by atoms with Crippen molar-refractivity contribution in [3.8, 4) is 11.6 Å². The summed E-state index contributed by atoms with van der Waals surface area (Å²) in [6.07, 6.45) is 1.55. The average molecular weight is 365 g/mol. The summed E-state index contributed by atoms with van der Waals surface area (Å²) >= 11 is 0. The minimum absolute atomic E-state index is 0.154. The maximum atomic E-state index is 12.9. The molecule has 0 bridgehead atoms. The molecule has 1 aliphatic rings. The van der Waals surface area contributed by atoms with Crippen LogP contribution in [0.2, 0.25) is 0 Å². The van der Waals surface area contributed by atoms with Gasteiger partial charge in [-0.1, -0.05) is 18.2 Å². The van der Waals surface area contributed by atoms with Crippen LogP contribution in [-0.4, -0.2) is 39.3 Å². The van der Waals surface area contributed by atoms with Crippen LogP contribution in [0.3, 0.4) is 0 Å². The van der Waals surface area contributed by atoms with Crippen molar-refractivity contribution in [1.82, 2.24) is 19.7 Å². The SMILES string of the molecule is COc1ncc(N2CCn3nc(COc4ccccc4)cc3C2=O)nc1C. The standard InChI is InChI=1S/C19H19N5O3/c1-13-18(26-2)20-11-17(21-13)23-8-9-24-16(19(23)25)10-14(22-24)12-27-15-6-4-3-5-7-15/h3-7,10-11H,8-9,12H2,1-2H3. The zero-order valence-corrected chi connectivity index (χ0v) is 15.1. The fourth-order valence-corrected chi connectivity index (χ4v) is 3.00. The molecule has 1 aliphatic heterocycles. The fraction of sp³-hybridized carbons (Fsp3) is 0.263. The van der Waals surface area contributed by atoms with Gasteiger partial charge in [-0.15, -0.1) is 0 Å². The number of carbonyl (C=O) groups excluding carboxylic acids is 1. The number of benzene rings is 1. The lowest BCUT2D eigenvalue weighted by Gasteiger charge is -2.26. The summed E-state index contributed by atoms with van der Waals surface area (Å²) in [7, 11) is 1.54. The van der Waals surface area contributed by atoms with Crippen LogP contribution in [0.5, 0.6) is 11.6 Å². The summed E-state index contributed by atoms with van der Waals surface area (Å²) < 4.78 is 12.6. The van der Waals surface area contributed by atoms with E-state index >= 15 is 0 Å². The van der Waals surface area contributed by atoms with Crippen molar-refractivity contribution in [3.63, 3.8) is 0 Å². The number of hydrogen-bond acceptors (Lipinski definition) is 6. The fourth-order valence-electron chi connectivity index (χ4n) is 3.00. The highest BCUT2D eigenvalue weighted by molar-refractivity contribution is 6.05. The quantitative estimate of drug-likeness (QED) is 0.690. The number of carbonyl (C=O) groups is 1. The topological polar surface area (TPSA) is 82.4 Å². The molecule has 2 aromatic heterocycles. The predicted molar refractivity (Wildman–Crippen MR) is 98.0 cm³/mol. The summed E-state index contributed by atoms with van der Waals surface area (Å²) in [6.45, 7) is 3.16. The Morgan fingerprint density at radius 2 is 2.00 bits per heavy atom. The number of aromatic nitrogens is 4. The Balaban J connectivity index is 1.52. The number of fused-ring (bicyclic) bond motifs is 1. The van der Waals surface area contributed by atoms with Gasteiger partial charge in [0.05, 0.1) is 19.9 Å². The maximum absolute atomic E-state index is 12.9. The van der Waals surface area contributed by atoms with E-state index in [1.54, 1.807) is 35.9 Å². The van der Waals surface area contributed by atoms with E-state index in [9.17, 15) is 4.79 Å². The number of rotatable bonds is 5. The molecule has 0 aliphatic carbocycles. The summed E-state index contributed by atoms with van der Waals surface area (Å²) in [5.41, 5.74) is 1.86. The van der Waals surface area contributed by atoms with Crippen molar-refractivity contribution in [1.29, 1.82) is 0 Å². The lowest BCUT2D eigenvalue weighted by molar-refractivity contribution is 0.0961. The molecular formula is C19H19N5O3. The van der Waals surface area contributed by atoms with Crippen molar-refractivity contribution in [2.75, 3.05) is 18.6 Å². The number of nitrogens with zero attached hydrogens (tertiary/aromatic N) is 5. The van der Waals surface area contributed by atoms with E-state index in [4.69, 9.17) is 9.47 Å². The van der Waals surface area contributed by atoms with Gasteiger partial charge in [0.15, 0.2) is 5.82 Å². The molecule has 3 heterocycles. The van der Waals surface area contributed by atoms with Crippen LogP contribution in [0.15, 0.2) is 42.6 Å². The van der Waals surface area contributed by atoms with E-state index in [0.717, 1.165) is 5.75 Å². The first-order valence-electron chi connectivity index (χ1n) is 8.60. The van der Waals surface area contributed by atoms with Crippen LogP contribution >= 0.6 is 0 Å². The Labute approximate surface area is 156 Å². The van der Waals surface area contributed by atoms with Crippen LogP contribution in [0.1, 0.15) is 21.9 Å². The van der Waals surface area contributed by atoms with Crippen molar-refractivity contribution >= 4 is 11.7 Å². The largest absolute Gasteiger partial charge is 0.487 e. The average Bonchev–Trinajstić information content (AvgIpc) is 3.12. The van der Waals surface area contributed by atoms with Gasteiger partial charge in [-0.25, -0.2) is 9.97 Å². The van der Waals surface area contributed by atoms with Gasteiger partial charge in [-0.05, 0) is 25.1 Å². The van der Waals surface area contributed by atoms with Crippen molar-refractivity contribution in [2.45, 2.75) is 20.1 Å². The van der Waals surface area contributed by atoms with Gasteiger partial charge in [0.1, 0.15) is 29.4 Å². The molecule has 27 heavy (non-hydrogen) atoms. The normalized spacial score (nSPS) is 13.4. The minimum Gasteiger partial charge on any atom is -0.487 e. The second-order valence-electron chi connectivity index (χ2n) is 6.13. The molecule has 3 aromatic rings. The van der Waals surface area contributed by atoms with Gasteiger partial charge in [-0.3, -0.25) is 14.4 Å². The number of anilines is 1. The third kappa shape index (κ3) is 3.33. The number of methoxy groups -OCH3 is 1. The number of ether oxygens (including phenoxy) is 2. The zero-order valence-electron chi connectivity index (χ0n) is 15.1. The van der Waals surface area contributed by atoms with Crippen LogP contribution < -0.4 is 14.4 Å². The maximum Gasteiger partial charge on any atom is 0.277 e. The number of para-hydroxylation sites is 1. The molecule has 0 saturated heterocycles. The summed E-state index contributed by atoms with van der Waals surface area (Å²) in [5, 5.41) is 4.48. The van der Waals surface area contributed by atoms with Crippen molar-refractivity contribution < 1.29 is 14.3 Å². The van der Waals surface area contributed by atoms with E-state index in [0.29, 0.717) is 48.5 Å². The Bertz CT molecular complexity index is 971. The second-order valence-corrected chi connectivity index (χ2v) is 6.13. The molecule has 4 rings (SSSR count). The molecule has 0 fully saturated rings. The molecular weight excluding hydrogens is 346 g/mol. The molecule has 0 atom stereocenters. The highest BCUT2D eigenvalue weighted by Crippen LogP contribution is 2.22. The third-order valence-electron chi connectivity index (χ3n) is 4.32. The number of amides is 1. The van der Waals surface area contributed by atoms with Crippen LogP contribution in [-0.2, 0) is 13.2 Å². The molecule has 8 nitrogen and oxygen atoms in total. The lowest BCUT2D eigenvalue weighted by Crippen LogP contribution is -2.41. The predicted octanol–water partition coefficient (Wildman–Crippen LogP) is 2.23. The van der Waals surface area contributed by atoms with Gasteiger partial charge in [-0.2, -0.15) is 5.10 Å². The van der Waals surface area contributed by atoms with Crippen LogP contribution in [0, 0.1) is 6.92 Å². The Kier molecular flexibility index (Phi) is 4.45. The lowest BCUT2D eigenvalue weighted by atomic mass is 10.2. The first kappa shape index (κ1) is 17.0. The van der Waals surface area contributed by atoms with E-state index in [1.807, 2.05) is 30.3 Å². The Morgan fingerprint density at radius 3 is 2.74 bits per heavy atom. The molecule has 0 radical (unpaired) electrons. The molecule has 0 saturated carbocycles. The number of hydrogen-bond donors (Lipinski definition) is 0. The number of aryl methyl sites for hydroxylation is 1. The molecule has 138 valence electrons. The highest BCUT2D eigenvalue weighted by atomic mass is 16.5. The van der Waals surface area contributed by atoms with Gasteiger partial charge in [0.2, 0.25) is 5.88 Å². The smallest absolute Gasteiger partial charge is 0.277 e. The first-order chi connectivity index (χ1) is 13.2.